The van der Waals surface area contributed by atoms with Crippen molar-refractivity contribution in [3.8, 4) is 17.2 Å². The maximum Gasteiger partial charge on any atom is 0.123 e. The van der Waals surface area contributed by atoms with Crippen LogP contribution in [0.15, 0.2) is 73.0 Å². The molecule has 178 valence electrons. The minimum absolute atomic E-state index is 0.0768. The first-order valence-corrected chi connectivity index (χ1v) is 15.1. The van der Waals surface area contributed by atoms with Crippen LogP contribution in [0.4, 0.5) is 0 Å². The molecule has 0 saturated carbocycles. The second-order valence-electron chi connectivity index (χ2n) is 10.8. The highest BCUT2D eigenvalue weighted by molar-refractivity contribution is 6.92. The van der Waals surface area contributed by atoms with E-state index in [9.17, 15) is 0 Å². The molecule has 1 heterocycles. The standard InChI is InChI=1S/C30H37NO2Si/c1-9-17-33-28-25(30(3,4)5)19-23(32-6)20-27(28)34(7,8)29-21(2)18-26-24(29)15-16-31(26)22-13-11-10-12-14-22/h9-16,18-20,29H,1,17H2,2-8H3. The van der Waals surface area contributed by atoms with Gasteiger partial charge in [-0.25, -0.2) is 0 Å². The maximum absolute atomic E-state index is 6.42. The molecular formula is C30H37NO2Si. The lowest BCUT2D eigenvalue weighted by Crippen LogP contribution is -2.49. The minimum Gasteiger partial charge on any atom is -0.497 e. The van der Waals surface area contributed by atoms with Crippen molar-refractivity contribution in [3.63, 3.8) is 0 Å². The summed E-state index contributed by atoms with van der Waals surface area (Å²) in [5.41, 5.74) is 6.78. The van der Waals surface area contributed by atoms with Crippen molar-refractivity contribution in [2.45, 2.75) is 51.7 Å². The van der Waals surface area contributed by atoms with Crippen LogP contribution < -0.4 is 14.7 Å². The summed E-state index contributed by atoms with van der Waals surface area (Å²) in [6.45, 7) is 18.3. The van der Waals surface area contributed by atoms with Gasteiger partial charge in [0, 0.05) is 28.7 Å². The number of para-hydroxylation sites is 1. The van der Waals surface area contributed by atoms with E-state index >= 15 is 0 Å². The van der Waals surface area contributed by atoms with Crippen LogP contribution in [0.25, 0.3) is 11.8 Å². The molecule has 1 atom stereocenters. The molecule has 4 rings (SSSR count). The highest BCUT2D eigenvalue weighted by atomic mass is 28.3. The van der Waals surface area contributed by atoms with Crippen LogP contribution in [0.1, 0.15) is 50.1 Å². The number of allylic oxidation sites excluding steroid dienone is 1. The molecule has 1 unspecified atom stereocenters. The van der Waals surface area contributed by atoms with Crippen molar-refractivity contribution in [3.05, 3.63) is 89.8 Å². The van der Waals surface area contributed by atoms with E-state index < -0.39 is 8.07 Å². The monoisotopic (exact) mass is 471 g/mol. The van der Waals surface area contributed by atoms with Gasteiger partial charge in [-0.2, -0.15) is 0 Å². The van der Waals surface area contributed by atoms with Crippen molar-refractivity contribution in [1.82, 2.24) is 4.57 Å². The molecule has 1 aliphatic rings. The van der Waals surface area contributed by atoms with Crippen LogP contribution >= 0.6 is 0 Å². The predicted molar refractivity (Wildman–Crippen MR) is 147 cm³/mol. The van der Waals surface area contributed by atoms with Gasteiger partial charge in [0.2, 0.25) is 0 Å². The molecule has 1 aliphatic carbocycles. The summed E-state index contributed by atoms with van der Waals surface area (Å²) in [5, 5.41) is 1.30. The van der Waals surface area contributed by atoms with Crippen molar-refractivity contribution in [2.24, 2.45) is 0 Å². The average Bonchev–Trinajstić information content (AvgIpc) is 3.34. The molecule has 3 aromatic rings. The maximum atomic E-state index is 6.42. The second kappa shape index (κ2) is 8.99. The fraction of sp³-hybridized carbons (Fsp3) is 0.333. The van der Waals surface area contributed by atoms with Crippen LogP contribution in [0.2, 0.25) is 13.1 Å². The van der Waals surface area contributed by atoms with E-state index in [1.165, 1.54) is 33.3 Å². The fourth-order valence-corrected chi connectivity index (χ4v) is 9.24. The number of hydrogen-bond donors (Lipinski definition) is 0. The Hall–Kier alpha value is -2.98. The first-order valence-electron chi connectivity index (χ1n) is 12.0. The van der Waals surface area contributed by atoms with Gasteiger partial charge >= 0.3 is 0 Å². The number of ether oxygens (including phenoxy) is 2. The third-order valence-corrected chi connectivity index (χ3v) is 11.0. The molecule has 34 heavy (non-hydrogen) atoms. The summed E-state index contributed by atoms with van der Waals surface area (Å²) in [4.78, 5) is 0. The van der Waals surface area contributed by atoms with Gasteiger partial charge in [0.05, 0.1) is 15.2 Å². The van der Waals surface area contributed by atoms with Gasteiger partial charge in [-0.3, -0.25) is 0 Å². The van der Waals surface area contributed by atoms with Crippen LogP contribution in [0, 0.1) is 0 Å². The summed E-state index contributed by atoms with van der Waals surface area (Å²) >= 11 is 0. The van der Waals surface area contributed by atoms with E-state index in [4.69, 9.17) is 9.47 Å². The summed E-state index contributed by atoms with van der Waals surface area (Å²) in [5.74, 6) is 1.90. The van der Waals surface area contributed by atoms with Gasteiger partial charge in [-0.05, 0) is 59.5 Å². The zero-order valence-corrected chi connectivity index (χ0v) is 22.6. The minimum atomic E-state index is -2.12. The summed E-state index contributed by atoms with van der Waals surface area (Å²) in [7, 11) is -0.368. The zero-order chi connectivity index (χ0) is 24.7. The molecule has 0 aliphatic heterocycles. The van der Waals surface area contributed by atoms with Gasteiger partial charge in [0.1, 0.15) is 18.1 Å². The molecule has 0 fully saturated rings. The highest BCUT2D eigenvalue weighted by Crippen LogP contribution is 2.45. The van der Waals surface area contributed by atoms with E-state index in [0.717, 1.165) is 11.5 Å². The number of benzene rings is 2. The van der Waals surface area contributed by atoms with Crippen molar-refractivity contribution >= 4 is 19.3 Å². The molecular weight excluding hydrogens is 434 g/mol. The van der Waals surface area contributed by atoms with Crippen LogP contribution in [-0.2, 0) is 5.41 Å². The Morgan fingerprint density at radius 1 is 1.09 bits per heavy atom. The van der Waals surface area contributed by atoms with Gasteiger partial charge in [0.25, 0.3) is 0 Å². The Labute approximate surface area is 205 Å². The van der Waals surface area contributed by atoms with Gasteiger partial charge < -0.3 is 14.0 Å². The van der Waals surface area contributed by atoms with E-state index in [1.807, 2.05) is 6.08 Å². The van der Waals surface area contributed by atoms with E-state index in [0.29, 0.717) is 12.1 Å². The molecule has 0 N–H and O–H groups in total. The molecule has 4 heteroatoms. The zero-order valence-electron chi connectivity index (χ0n) is 21.6. The van der Waals surface area contributed by atoms with Crippen molar-refractivity contribution < 1.29 is 9.47 Å². The number of methoxy groups -OCH3 is 1. The lowest BCUT2D eigenvalue weighted by molar-refractivity contribution is 0.351. The van der Waals surface area contributed by atoms with Crippen molar-refractivity contribution in [2.75, 3.05) is 13.7 Å². The Balaban J connectivity index is 1.89. The van der Waals surface area contributed by atoms with Gasteiger partial charge in [-0.15, -0.1) is 0 Å². The quantitative estimate of drug-likeness (QED) is 0.273. The Morgan fingerprint density at radius 2 is 1.79 bits per heavy atom. The molecule has 1 aromatic heterocycles. The highest BCUT2D eigenvalue weighted by Gasteiger charge is 2.43. The second-order valence-corrected chi connectivity index (χ2v) is 15.4. The van der Waals surface area contributed by atoms with Crippen LogP contribution in [0.3, 0.4) is 0 Å². The lowest BCUT2D eigenvalue weighted by atomic mass is 9.86. The molecule has 0 amide bonds. The Kier molecular flexibility index (Phi) is 6.39. The van der Waals surface area contributed by atoms with Gasteiger partial charge in [-0.1, -0.05) is 70.3 Å². The number of fused-ring (bicyclic) bond motifs is 1. The number of nitrogens with zero attached hydrogens (tertiary/aromatic N) is 1. The third-order valence-electron chi connectivity index (χ3n) is 6.99. The van der Waals surface area contributed by atoms with Crippen molar-refractivity contribution in [1.29, 1.82) is 0 Å². The van der Waals surface area contributed by atoms with Crippen LogP contribution in [0.5, 0.6) is 11.5 Å². The van der Waals surface area contributed by atoms with E-state index in [-0.39, 0.29) is 5.41 Å². The number of hydrogen-bond acceptors (Lipinski definition) is 2. The normalized spacial score (nSPS) is 15.6. The molecule has 0 radical (unpaired) electrons. The summed E-state index contributed by atoms with van der Waals surface area (Å²) in [6, 6.07) is 17.3. The summed E-state index contributed by atoms with van der Waals surface area (Å²) in [6.07, 6.45) is 6.41. The molecule has 3 nitrogen and oxygen atoms in total. The SMILES string of the molecule is C=CCOc1c(C(C)(C)C)cc(OC)cc1[Si](C)(C)C1C(C)=Cc2c1ccn2-c1ccccc1. The molecule has 0 bridgehead atoms. The largest absolute Gasteiger partial charge is 0.497 e. The first-order chi connectivity index (χ1) is 16.1. The Morgan fingerprint density at radius 3 is 2.41 bits per heavy atom. The lowest BCUT2D eigenvalue weighted by Gasteiger charge is -2.36. The smallest absolute Gasteiger partial charge is 0.123 e. The third kappa shape index (κ3) is 4.16. The number of rotatable bonds is 7. The first kappa shape index (κ1) is 24.2. The van der Waals surface area contributed by atoms with Gasteiger partial charge in [0.15, 0.2) is 0 Å². The molecule has 2 aromatic carbocycles. The van der Waals surface area contributed by atoms with E-state index in [2.05, 4.69) is 113 Å². The molecule has 0 saturated heterocycles. The summed E-state index contributed by atoms with van der Waals surface area (Å²) < 4.78 is 14.5. The van der Waals surface area contributed by atoms with Crippen LogP contribution in [-0.4, -0.2) is 26.4 Å². The average molecular weight is 472 g/mol. The topological polar surface area (TPSA) is 23.4 Å². The Bertz CT molecular complexity index is 1230. The predicted octanol–water partition coefficient (Wildman–Crippen LogP) is 7.00. The van der Waals surface area contributed by atoms with E-state index in [1.54, 1.807) is 7.11 Å². The fourth-order valence-electron chi connectivity index (χ4n) is 5.38. The number of aromatic nitrogens is 1. The molecule has 0 spiro atoms.